The van der Waals surface area contributed by atoms with Crippen LogP contribution in [0.4, 0.5) is 0 Å². The number of aromatic nitrogens is 3. The van der Waals surface area contributed by atoms with Crippen molar-refractivity contribution in [2.45, 2.75) is 25.9 Å². The first kappa shape index (κ1) is 11.8. The molecule has 0 saturated carbocycles. The molecule has 0 bridgehead atoms. The SMILES string of the molecule is Cc1cc(C(O)CCc2ccnn2C)ccn1. The van der Waals surface area contributed by atoms with Crippen LogP contribution in [0.3, 0.4) is 0 Å². The third-order valence-corrected chi connectivity index (χ3v) is 2.90. The Bertz CT molecular complexity index is 493. The standard InChI is InChI=1S/C13H17N3O/c1-10-9-11(5-7-14-10)13(17)4-3-12-6-8-15-16(12)2/h5-9,13,17H,3-4H2,1-2H3. The molecule has 4 heteroatoms. The van der Waals surface area contributed by atoms with Crippen LogP contribution in [-0.2, 0) is 13.5 Å². The number of aliphatic hydroxyl groups excluding tert-OH is 1. The van der Waals surface area contributed by atoms with Crippen molar-refractivity contribution in [1.82, 2.24) is 14.8 Å². The number of aryl methyl sites for hydroxylation is 3. The van der Waals surface area contributed by atoms with Crippen LogP contribution < -0.4 is 0 Å². The van der Waals surface area contributed by atoms with Crippen molar-refractivity contribution in [3.8, 4) is 0 Å². The molecule has 90 valence electrons. The van der Waals surface area contributed by atoms with Gasteiger partial charge in [0.15, 0.2) is 0 Å². The number of hydrogen-bond acceptors (Lipinski definition) is 3. The Morgan fingerprint density at radius 1 is 1.35 bits per heavy atom. The highest BCUT2D eigenvalue weighted by Gasteiger charge is 2.09. The molecule has 2 rings (SSSR count). The van der Waals surface area contributed by atoms with Crippen molar-refractivity contribution in [1.29, 1.82) is 0 Å². The molecule has 0 amide bonds. The number of nitrogens with zero attached hydrogens (tertiary/aromatic N) is 3. The maximum Gasteiger partial charge on any atom is 0.0795 e. The molecule has 17 heavy (non-hydrogen) atoms. The van der Waals surface area contributed by atoms with Gasteiger partial charge in [-0.15, -0.1) is 0 Å². The molecule has 0 radical (unpaired) electrons. The average molecular weight is 231 g/mol. The summed E-state index contributed by atoms with van der Waals surface area (Å²) in [5.74, 6) is 0. The highest BCUT2D eigenvalue weighted by atomic mass is 16.3. The van der Waals surface area contributed by atoms with E-state index in [0.29, 0.717) is 6.42 Å². The molecule has 2 aromatic heterocycles. The van der Waals surface area contributed by atoms with E-state index >= 15 is 0 Å². The van der Waals surface area contributed by atoms with Gasteiger partial charge in [-0.25, -0.2) is 0 Å². The van der Waals surface area contributed by atoms with Crippen molar-refractivity contribution in [2.75, 3.05) is 0 Å². The molecule has 0 aliphatic carbocycles. The molecular weight excluding hydrogens is 214 g/mol. The largest absolute Gasteiger partial charge is 0.388 e. The maximum atomic E-state index is 10.1. The van der Waals surface area contributed by atoms with Crippen LogP contribution in [-0.4, -0.2) is 19.9 Å². The zero-order valence-electron chi connectivity index (χ0n) is 10.2. The zero-order valence-corrected chi connectivity index (χ0v) is 10.2. The van der Waals surface area contributed by atoms with Crippen LogP contribution in [0.5, 0.6) is 0 Å². The van der Waals surface area contributed by atoms with Crippen LogP contribution in [0.15, 0.2) is 30.6 Å². The molecular formula is C13H17N3O. The molecule has 1 atom stereocenters. The van der Waals surface area contributed by atoms with Crippen molar-refractivity contribution in [2.24, 2.45) is 7.05 Å². The monoisotopic (exact) mass is 231 g/mol. The van der Waals surface area contributed by atoms with E-state index in [-0.39, 0.29) is 0 Å². The van der Waals surface area contributed by atoms with Crippen LogP contribution in [0, 0.1) is 6.92 Å². The predicted octanol–water partition coefficient (Wildman–Crippen LogP) is 1.79. The van der Waals surface area contributed by atoms with E-state index in [1.165, 1.54) is 0 Å². The van der Waals surface area contributed by atoms with Gasteiger partial charge in [-0.05, 0) is 43.5 Å². The molecule has 2 aromatic rings. The fourth-order valence-electron chi connectivity index (χ4n) is 1.87. The summed E-state index contributed by atoms with van der Waals surface area (Å²) in [6, 6.07) is 5.76. The van der Waals surface area contributed by atoms with Crippen LogP contribution in [0.2, 0.25) is 0 Å². The lowest BCUT2D eigenvalue weighted by molar-refractivity contribution is 0.167. The smallest absolute Gasteiger partial charge is 0.0795 e. The van der Waals surface area contributed by atoms with Crippen LogP contribution in [0.1, 0.15) is 29.5 Å². The number of pyridine rings is 1. The van der Waals surface area contributed by atoms with Crippen molar-refractivity contribution < 1.29 is 5.11 Å². The van der Waals surface area contributed by atoms with Gasteiger partial charge >= 0.3 is 0 Å². The summed E-state index contributed by atoms with van der Waals surface area (Å²) in [6.45, 7) is 1.93. The van der Waals surface area contributed by atoms with Gasteiger partial charge in [-0.1, -0.05) is 0 Å². The third kappa shape index (κ3) is 2.91. The zero-order chi connectivity index (χ0) is 12.3. The van der Waals surface area contributed by atoms with E-state index in [1.807, 2.05) is 36.9 Å². The van der Waals surface area contributed by atoms with Gasteiger partial charge in [0.05, 0.1) is 6.10 Å². The minimum absolute atomic E-state index is 0.438. The lowest BCUT2D eigenvalue weighted by Crippen LogP contribution is -2.04. The Kier molecular flexibility index (Phi) is 3.54. The summed E-state index contributed by atoms with van der Waals surface area (Å²) < 4.78 is 1.84. The molecule has 0 aromatic carbocycles. The van der Waals surface area contributed by atoms with Crippen LogP contribution in [0.25, 0.3) is 0 Å². The summed E-state index contributed by atoms with van der Waals surface area (Å²) in [5, 5.41) is 14.2. The second-order valence-corrected chi connectivity index (χ2v) is 4.23. The van der Waals surface area contributed by atoms with Gasteiger partial charge in [0, 0.05) is 30.8 Å². The van der Waals surface area contributed by atoms with Gasteiger partial charge in [0.25, 0.3) is 0 Å². The Balaban J connectivity index is 1.98. The van der Waals surface area contributed by atoms with E-state index < -0.39 is 6.10 Å². The van der Waals surface area contributed by atoms with E-state index in [2.05, 4.69) is 10.1 Å². The van der Waals surface area contributed by atoms with Gasteiger partial charge in [0.2, 0.25) is 0 Å². The molecule has 0 saturated heterocycles. The van der Waals surface area contributed by atoms with Crippen LogP contribution >= 0.6 is 0 Å². The summed E-state index contributed by atoms with van der Waals surface area (Å²) in [4.78, 5) is 4.12. The van der Waals surface area contributed by atoms with E-state index in [1.54, 1.807) is 12.4 Å². The molecule has 0 aliphatic rings. The Hall–Kier alpha value is -1.68. The number of aliphatic hydroxyl groups is 1. The fourth-order valence-corrected chi connectivity index (χ4v) is 1.87. The molecule has 0 aliphatic heterocycles. The summed E-state index contributed by atoms with van der Waals surface area (Å²) >= 11 is 0. The molecule has 2 heterocycles. The lowest BCUT2D eigenvalue weighted by atomic mass is 10.0. The number of rotatable bonds is 4. The van der Waals surface area contributed by atoms with Gasteiger partial charge in [-0.2, -0.15) is 5.10 Å². The maximum absolute atomic E-state index is 10.1. The predicted molar refractivity (Wildman–Crippen MR) is 65.5 cm³/mol. The molecule has 0 fully saturated rings. The lowest BCUT2D eigenvalue weighted by Gasteiger charge is -2.11. The fraction of sp³-hybridized carbons (Fsp3) is 0.385. The molecule has 1 unspecified atom stereocenters. The van der Waals surface area contributed by atoms with Gasteiger partial charge in [0.1, 0.15) is 0 Å². The quantitative estimate of drug-likeness (QED) is 0.872. The van der Waals surface area contributed by atoms with Gasteiger partial charge in [-0.3, -0.25) is 9.67 Å². The first-order valence-electron chi connectivity index (χ1n) is 5.74. The highest BCUT2D eigenvalue weighted by Crippen LogP contribution is 2.18. The molecule has 4 nitrogen and oxygen atoms in total. The average Bonchev–Trinajstić information content (AvgIpc) is 2.72. The minimum Gasteiger partial charge on any atom is -0.388 e. The topological polar surface area (TPSA) is 50.9 Å². The Morgan fingerprint density at radius 3 is 2.82 bits per heavy atom. The van der Waals surface area contributed by atoms with Crippen molar-refractivity contribution in [3.05, 3.63) is 47.5 Å². The summed E-state index contributed by atoms with van der Waals surface area (Å²) in [6.07, 6.45) is 4.59. The second kappa shape index (κ2) is 5.10. The third-order valence-electron chi connectivity index (χ3n) is 2.90. The van der Waals surface area contributed by atoms with Crippen molar-refractivity contribution >= 4 is 0 Å². The summed E-state index contributed by atoms with van der Waals surface area (Å²) in [5.41, 5.74) is 3.00. The summed E-state index contributed by atoms with van der Waals surface area (Å²) in [7, 11) is 1.91. The molecule has 1 N–H and O–H groups in total. The second-order valence-electron chi connectivity index (χ2n) is 4.23. The first-order chi connectivity index (χ1) is 8.16. The molecule has 0 spiro atoms. The first-order valence-corrected chi connectivity index (χ1v) is 5.74. The van der Waals surface area contributed by atoms with E-state index in [0.717, 1.165) is 23.4 Å². The Labute approximate surface area is 101 Å². The minimum atomic E-state index is -0.438. The Morgan fingerprint density at radius 2 is 2.18 bits per heavy atom. The van der Waals surface area contributed by atoms with Gasteiger partial charge < -0.3 is 5.11 Å². The van der Waals surface area contributed by atoms with E-state index in [4.69, 9.17) is 0 Å². The normalized spacial score (nSPS) is 12.6. The highest BCUT2D eigenvalue weighted by molar-refractivity contribution is 5.18. The van der Waals surface area contributed by atoms with E-state index in [9.17, 15) is 5.11 Å². The number of hydrogen-bond donors (Lipinski definition) is 1. The van der Waals surface area contributed by atoms with Crippen molar-refractivity contribution in [3.63, 3.8) is 0 Å².